The van der Waals surface area contributed by atoms with Crippen LogP contribution >= 0.6 is 0 Å². The van der Waals surface area contributed by atoms with E-state index in [1.165, 1.54) is 26.4 Å². The van der Waals surface area contributed by atoms with E-state index in [4.69, 9.17) is 13.3 Å². The minimum absolute atomic E-state index is 0.276. The summed E-state index contributed by atoms with van der Waals surface area (Å²) in [7, 11) is 1.25. The summed E-state index contributed by atoms with van der Waals surface area (Å²) in [6.07, 6.45) is 0.354. The van der Waals surface area contributed by atoms with Gasteiger partial charge in [-0.3, -0.25) is 0 Å². The predicted molar refractivity (Wildman–Crippen MR) is 55.8 cm³/mol. The molecule has 0 aliphatic rings. The molecule has 1 aromatic rings. The van der Waals surface area contributed by atoms with Crippen molar-refractivity contribution in [2.45, 2.75) is 6.42 Å². The van der Waals surface area contributed by atoms with E-state index < -0.39 is 21.2 Å². The maximum absolute atomic E-state index is 13.2. The van der Waals surface area contributed by atoms with Gasteiger partial charge in [0.15, 0.2) is 0 Å². The minimum Gasteiger partial charge on any atom is -0.375 e. The molecule has 3 nitrogen and oxygen atoms in total. The second-order valence-corrected chi connectivity index (χ2v) is 4.60. The van der Waals surface area contributed by atoms with Crippen LogP contribution in [0.3, 0.4) is 0 Å². The van der Waals surface area contributed by atoms with Crippen molar-refractivity contribution in [2.24, 2.45) is 0 Å². The van der Waals surface area contributed by atoms with Crippen LogP contribution in [-0.4, -0.2) is 30.4 Å². The SMILES string of the molecule is CO[Si](OC)OCCc1ccc(F)cc1F. The molecule has 0 bridgehead atoms. The zero-order chi connectivity index (χ0) is 12.0. The van der Waals surface area contributed by atoms with Gasteiger partial charge in [0, 0.05) is 26.9 Å². The van der Waals surface area contributed by atoms with E-state index >= 15 is 0 Å². The van der Waals surface area contributed by atoms with Gasteiger partial charge >= 0.3 is 9.53 Å². The molecule has 0 heterocycles. The van der Waals surface area contributed by atoms with Gasteiger partial charge in [-0.25, -0.2) is 8.78 Å². The molecule has 1 radical (unpaired) electrons. The van der Waals surface area contributed by atoms with Crippen molar-refractivity contribution >= 4 is 9.53 Å². The Labute approximate surface area is 94.9 Å². The van der Waals surface area contributed by atoms with Gasteiger partial charge in [0.05, 0.1) is 0 Å². The molecule has 0 atom stereocenters. The Kier molecular flexibility index (Phi) is 5.54. The average Bonchev–Trinajstić information content (AvgIpc) is 2.27. The van der Waals surface area contributed by atoms with Gasteiger partial charge in [0.25, 0.3) is 0 Å². The van der Waals surface area contributed by atoms with Gasteiger partial charge in [-0.1, -0.05) is 6.07 Å². The van der Waals surface area contributed by atoms with Crippen LogP contribution in [0.1, 0.15) is 5.56 Å². The highest BCUT2D eigenvalue weighted by Crippen LogP contribution is 2.10. The molecule has 89 valence electrons. The molecule has 0 aliphatic heterocycles. The van der Waals surface area contributed by atoms with Crippen LogP contribution in [0.4, 0.5) is 8.78 Å². The highest BCUT2D eigenvalue weighted by molar-refractivity contribution is 6.36. The van der Waals surface area contributed by atoms with E-state index in [1.54, 1.807) is 0 Å². The zero-order valence-electron chi connectivity index (χ0n) is 9.13. The second kappa shape index (κ2) is 6.69. The van der Waals surface area contributed by atoms with Crippen LogP contribution in [0.5, 0.6) is 0 Å². The normalized spacial score (nSPS) is 11.1. The van der Waals surface area contributed by atoms with E-state index in [1.807, 2.05) is 0 Å². The summed E-state index contributed by atoms with van der Waals surface area (Å²) in [5.41, 5.74) is 0.412. The van der Waals surface area contributed by atoms with E-state index in [-0.39, 0.29) is 6.61 Å². The molecule has 1 aromatic carbocycles. The minimum atomic E-state index is -1.71. The largest absolute Gasteiger partial charge is 0.577 e. The van der Waals surface area contributed by atoms with Crippen molar-refractivity contribution in [3.8, 4) is 0 Å². The van der Waals surface area contributed by atoms with Crippen LogP contribution in [0, 0.1) is 11.6 Å². The second-order valence-electron chi connectivity index (χ2n) is 2.99. The summed E-state index contributed by atoms with van der Waals surface area (Å²) < 4.78 is 40.8. The summed E-state index contributed by atoms with van der Waals surface area (Å²) in [4.78, 5) is 0. The molecular formula is C10H13F2O3Si. The summed E-state index contributed by atoms with van der Waals surface area (Å²) in [5.74, 6) is -1.15. The van der Waals surface area contributed by atoms with Gasteiger partial charge in [-0.2, -0.15) is 0 Å². The van der Waals surface area contributed by atoms with Gasteiger partial charge in [0.1, 0.15) is 11.6 Å². The van der Waals surface area contributed by atoms with Gasteiger partial charge < -0.3 is 13.3 Å². The average molecular weight is 247 g/mol. The third-order valence-corrected chi connectivity index (χ3v) is 3.05. The van der Waals surface area contributed by atoms with Gasteiger partial charge in [-0.05, 0) is 18.1 Å². The molecule has 0 aromatic heterocycles. The molecule has 0 N–H and O–H groups in total. The Morgan fingerprint density at radius 2 is 1.88 bits per heavy atom. The van der Waals surface area contributed by atoms with Crippen LogP contribution in [0.25, 0.3) is 0 Å². The van der Waals surface area contributed by atoms with E-state index in [0.717, 1.165) is 6.07 Å². The summed E-state index contributed by atoms with van der Waals surface area (Å²) >= 11 is 0. The van der Waals surface area contributed by atoms with Gasteiger partial charge in [-0.15, -0.1) is 0 Å². The molecule has 0 spiro atoms. The van der Waals surface area contributed by atoms with Crippen LogP contribution in [0.2, 0.25) is 0 Å². The molecule has 0 aliphatic carbocycles. The van der Waals surface area contributed by atoms with Crippen molar-refractivity contribution in [3.63, 3.8) is 0 Å². The first-order valence-corrected chi connectivity index (χ1v) is 5.91. The van der Waals surface area contributed by atoms with Gasteiger partial charge in [0.2, 0.25) is 0 Å². The Hall–Kier alpha value is -0.823. The number of hydrogen-bond acceptors (Lipinski definition) is 3. The van der Waals surface area contributed by atoms with E-state index in [2.05, 4.69) is 0 Å². The first-order valence-electron chi connectivity index (χ1n) is 4.69. The van der Waals surface area contributed by atoms with Crippen molar-refractivity contribution in [1.82, 2.24) is 0 Å². The van der Waals surface area contributed by atoms with Crippen molar-refractivity contribution in [1.29, 1.82) is 0 Å². The Morgan fingerprint density at radius 3 is 2.44 bits per heavy atom. The highest BCUT2D eigenvalue weighted by atomic mass is 28.3. The lowest BCUT2D eigenvalue weighted by Gasteiger charge is -2.09. The molecular weight excluding hydrogens is 234 g/mol. The molecule has 1 rings (SSSR count). The fourth-order valence-corrected chi connectivity index (χ4v) is 1.84. The maximum atomic E-state index is 13.2. The first kappa shape index (κ1) is 13.2. The van der Waals surface area contributed by atoms with Crippen LogP contribution < -0.4 is 0 Å². The maximum Gasteiger partial charge on any atom is 0.577 e. The van der Waals surface area contributed by atoms with E-state index in [9.17, 15) is 8.78 Å². The zero-order valence-corrected chi connectivity index (χ0v) is 10.1. The number of halogens is 2. The number of benzene rings is 1. The lowest BCUT2D eigenvalue weighted by atomic mass is 10.1. The Morgan fingerprint density at radius 1 is 1.19 bits per heavy atom. The lowest BCUT2D eigenvalue weighted by Crippen LogP contribution is -2.25. The topological polar surface area (TPSA) is 27.7 Å². The highest BCUT2D eigenvalue weighted by Gasteiger charge is 2.14. The number of rotatable bonds is 6. The van der Waals surface area contributed by atoms with Crippen molar-refractivity contribution in [3.05, 3.63) is 35.4 Å². The molecule has 0 saturated carbocycles. The number of hydrogen-bond donors (Lipinski definition) is 0. The lowest BCUT2D eigenvalue weighted by molar-refractivity contribution is 0.136. The molecule has 0 unspecified atom stereocenters. The molecule has 0 amide bonds. The third kappa shape index (κ3) is 3.97. The fraction of sp³-hybridized carbons (Fsp3) is 0.400. The standard InChI is InChI=1S/C10H13F2O3Si/c1-13-16(14-2)15-6-5-8-3-4-9(11)7-10(8)12/h3-4,7H,5-6H2,1-2H3. The summed E-state index contributed by atoms with van der Waals surface area (Å²) in [5, 5.41) is 0. The monoisotopic (exact) mass is 247 g/mol. The van der Waals surface area contributed by atoms with Crippen molar-refractivity contribution < 1.29 is 22.1 Å². The smallest absolute Gasteiger partial charge is 0.375 e. The summed E-state index contributed by atoms with van der Waals surface area (Å²) in [6, 6.07) is 3.48. The van der Waals surface area contributed by atoms with Crippen LogP contribution in [0.15, 0.2) is 18.2 Å². The predicted octanol–water partition coefficient (Wildman–Crippen LogP) is 1.80. The third-order valence-electron chi connectivity index (χ3n) is 1.94. The first-order chi connectivity index (χ1) is 7.67. The Bertz CT molecular complexity index is 332. The Balaban J connectivity index is 2.42. The molecule has 0 saturated heterocycles. The van der Waals surface area contributed by atoms with Crippen molar-refractivity contribution in [2.75, 3.05) is 20.8 Å². The quantitative estimate of drug-likeness (QED) is 0.717. The molecule has 0 fully saturated rings. The summed E-state index contributed by atoms with van der Waals surface area (Å²) in [6.45, 7) is 0.276. The van der Waals surface area contributed by atoms with Crippen LogP contribution in [-0.2, 0) is 19.7 Å². The fourth-order valence-electron chi connectivity index (χ4n) is 1.17. The molecule has 16 heavy (non-hydrogen) atoms. The van der Waals surface area contributed by atoms with E-state index in [0.29, 0.717) is 12.0 Å². The molecule has 6 heteroatoms.